The van der Waals surface area contributed by atoms with Crippen LogP contribution in [0.15, 0.2) is 48.5 Å². The summed E-state index contributed by atoms with van der Waals surface area (Å²) in [5, 5.41) is 8.89. The fourth-order valence-electron chi connectivity index (χ4n) is 2.91. The molecule has 2 aromatic carbocycles. The third-order valence-electron chi connectivity index (χ3n) is 3.91. The molecule has 0 saturated heterocycles. The minimum Gasteiger partial charge on any atom is -0.489 e. The lowest BCUT2D eigenvalue weighted by Crippen LogP contribution is -2.07. The summed E-state index contributed by atoms with van der Waals surface area (Å²) >= 11 is 0. The second-order valence-corrected chi connectivity index (χ2v) is 5.58. The maximum atomic E-state index is 10.8. The van der Waals surface area contributed by atoms with E-state index < -0.39 is 5.97 Å². The average molecular weight is 282 g/mol. The van der Waals surface area contributed by atoms with Crippen LogP contribution in [0.2, 0.25) is 0 Å². The van der Waals surface area contributed by atoms with Crippen molar-refractivity contribution in [1.82, 2.24) is 0 Å². The molecular weight excluding hydrogens is 264 g/mol. The first-order chi connectivity index (χ1) is 10.2. The van der Waals surface area contributed by atoms with Gasteiger partial charge in [0.05, 0.1) is 0 Å². The van der Waals surface area contributed by atoms with Crippen LogP contribution in [0.25, 0.3) is 0 Å². The fourth-order valence-corrected chi connectivity index (χ4v) is 2.91. The Morgan fingerprint density at radius 3 is 2.62 bits per heavy atom. The van der Waals surface area contributed by atoms with E-state index in [2.05, 4.69) is 12.1 Å². The van der Waals surface area contributed by atoms with Crippen molar-refractivity contribution in [2.75, 3.05) is 0 Å². The van der Waals surface area contributed by atoms with Crippen molar-refractivity contribution >= 4 is 5.97 Å². The number of benzene rings is 2. The summed E-state index contributed by atoms with van der Waals surface area (Å²) in [6, 6.07) is 16.2. The largest absolute Gasteiger partial charge is 0.489 e. The first-order valence-corrected chi connectivity index (χ1v) is 7.21. The van der Waals surface area contributed by atoms with Gasteiger partial charge in [0.25, 0.3) is 0 Å². The molecule has 3 nitrogen and oxygen atoms in total. The number of carboxylic acids is 1. The first kappa shape index (κ1) is 13.7. The van der Waals surface area contributed by atoms with Gasteiger partial charge in [-0.25, -0.2) is 0 Å². The van der Waals surface area contributed by atoms with Gasteiger partial charge in [-0.2, -0.15) is 0 Å². The molecule has 0 heterocycles. The monoisotopic (exact) mass is 282 g/mol. The molecule has 108 valence electrons. The van der Waals surface area contributed by atoms with Crippen LogP contribution in [0.4, 0.5) is 0 Å². The predicted molar refractivity (Wildman–Crippen MR) is 80.4 cm³/mol. The second kappa shape index (κ2) is 6.00. The molecule has 0 fully saturated rings. The summed E-state index contributed by atoms with van der Waals surface area (Å²) in [4.78, 5) is 10.8. The molecule has 1 N–H and O–H groups in total. The van der Waals surface area contributed by atoms with Gasteiger partial charge in [0.15, 0.2) is 0 Å². The van der Waals surface area contributed by atoms with Gasteiger partial charge in [-0.3, -0.25) is 4.79 Å². The van der Waals surface area contributed by atoms with Gasteiger partial charge in [-0.05, 0) is 47.6 Å². The Bertz CT molecular complexity index is 634. The smallest absolute Gasteiger partial charge is 0.303 e. The Morgan fingerprint density at radius 1 is 1.10 bits per heavy atom. The van der Waals surface area contributed by atoms with Gasteiger partial charge < -0.3 is 9.84 Å². The summed E-state index contributed by atoms with van der Waals surface area (Å²) in [5.41, 5.74) is 3.63. The van der Waals surface area contributed by atoms with E-state index in [1.807, 2.05) is 36.4 Å². The highest BCUT2D eigenvalue weighted by atomic mass is 16.5. The highest BCUT2D eigenvalue weighted by Gasteiger charge is 2.23. The number of hydrogen-bond acceptors (Lipinski definition) is 2. The van der Waals surface area contributed by atoms with Gasteiger partial charge in [-0.1, -0.05) is 36.4 Å². The van der Waals surface area contributed by atoms with Crippen LogP contribution in [-0.4, -0.2) is 11.1 Å². The lowest BCUT2D eigenvalue weighted by Gasteiger charge is -2.08. The van der Waals surface area contributed by atoms with Crippen molar-refractivity contribution in [2.45, 2.75) is 25.9 Å². The van der Waals surface area contributed by atoms with Crippen molar-refractivity contribution in [1.29, 1.82) is 0 Å². The van der Waals surface area contributed by atoms with E-state index >= 15 is 0 Å². The topological polar surface area (TPSA) is 46.5 Å². The lowest BCUT2D eigenvalue weighted by molar-refractivity contribution is -0.138. The minimum atomic E-state index is -0.714. The number of rotatable bonds is 5. The Kier molecular flexibility index (Phi) is 3.91. The van der Waals surface area contributed by atoms with Gasteiger partial charge in [0, 0.05) is 6.42 Å². The van der Waals surface area contributed by atoms with E-state index in [4.69, 9.17) is 9.84 Å². The third-order valence-corrected chi connectivity index (χ3v) is 3.91. The molecule has 1 atom stereocenters. The van der Waals surface area contributed by atoms with Crippen LogP contribution >= 0.6 is 0 Å². The van der Waals surface area contributed by atoms with Crippen LogP contribution in [0.5, 0.6) is 5.75 Å². The summed E-state index contributed by atoms with van der Waals surface area (Å²) in [6.07, 6.45) is 1.94. The van der Waals surface area contributed by atoms with E-state index in [1.54, 1.807) is 0 Å². The van der Waals surface area contributed by atoms with Gasteiger partial charge in [-0.15, -0.1) is 0 Å². The minimum absolute atomic E-state index is 0.224. The molecule has 0 amide bonds. The molecule has 1 unspecified atom stereocenters. The number of fused-ring (bicyclic) bond motifs is 1. The Hall–Kier alpha value is -2.29. The lowest BCUT2D eigenvalue weighted by atomic mass is 10.0. The van der Waals surface area contributed by atoms with E-state index in [9.17, 15) is 4.79 Å². The van der Waals surface area contributed by atoms with E-state index in [0.717, 1.165) is 24.2 Å². The van der Waals surface area contributed by atoms with Crippen molar-refractivity contribution in [2.24, 2.45) is 5.92 Å². The highest BCUT2D eigenvalue weighted by molar-refractivity contribution is 5.67. The van der Waals surface area contributed by atoms with Gasteiger partial charge in [0.1, 0.15) is 12.4 Å². The predicted octanol–water partition coefficient (Wildman–Crippen LogP) is 3.46. The standard InChI is InChI=1S/C18H18O3/c19-18(20)10-14-8-15-6-7-17(11-16(15)9-14)21-12-13-4-2-1-3-5-13/h1-7,11,14H,8-10,12H2,(H,19,20). The number of aliphatic carboxylic acids is 1. The van der Waals surface area contributed by atoms with Gasteiger partial charge >= 0.3 is 5.97 Å². The molecule has 0 spiro atoms. The summed E-state index contributed by atoms with van der Waals surface area (Å²) in [7, 11) is 0. The average Bonchev–Trinajstić information content (AvgIpc) is 2.86. The molecule has 0 radical (unpaired) electrons. The van der Waals surface area contributed by atoms with Crippen LogP contribution < -0.4 is 4.74 Å². The Labute approximate surface area is 124 Å². The molecular formula is C18H18O3. The van der Waals surface area contributed by atoms with E-state index in [1.165, 1.54) is 11.1 Å². The van der Waals surface area contributed by atoms with Crippen LogP contribution in [0.1, 0.15) is 23.1 Å². The highest BCUT2D eigenvalue weighted by Crippen LogP contribution is 2.31. The molecule has 3 heteroatoms. The summed E-state index contributed by atoms with van der Waals surface area (Å²) < 4.78 is 5.82. The van der Waals surface area contributed by atoms with Crippen molar-refractivity contribution < 1.29 is 14.6 Å². The summed E-state index contributed by atoms with van der Waals surface area (Å²) in [6.45, 7) is 0.554. The molecule has 3 rings (SSSR count). The number of carbonyl (C=O) groups is 1. The molecule has 0 aliphatic heterocycles. The van der Waals surface area contributed by atoms with Crippen LogP contribution in [0, 0.1) is 5.92 Å². The Morgan fingerprint density at radius 2 is 1.86 bits per heavy atom. The zero-order chi connectivity index (χ0) is 14.7. The van der Waals surface area contributed by atoms with Crippen LogP contribution in [0.3, 0.4) is 0 Å². The van der Waals surface area contributed by atoms with E-state index in [0.29, 0.717) is 6.61 Å². The number of ether oxygens (including phenoxy) is 1. The van der Waals surface area contributed by atoms with Crippen molar-refractivity contribution in [3.05, 3.63) is 65.2 Å². The van der Waals surface area contributed by atoms with Crippen molar-refractivity contribution in [3.8, 4) is 5.75 Å². The Balaban J connectivity index is 1.64. The third kappa shape index (κ3) is 3.43. The SMILES string of the molecule is O=C(O)CC1Cc2ccc(OCc3ccccc3)cc2C1. The second-order valence-electron chi connectivity index (χ2n) is 5.58. The molecule has 0 bridgehead atoms. The van der Waals surface area contributed by atoms with E-state index in [-0.39, 0.29) is 12.3 Å². The molecule has 21 heavy (non-hydrogen) atoms. The molecule has 2 aromatic rings. The normalized spacial score (nSPS) is 16.5. The zero-order valence-corrected chi connectivity index (χ0v) is 11.8. The maximum Gasteiger partial charge on any atom is 0.303 e. The maximum absolute atomic E-state index is 10.8. The molecule has 1 aliphatic rings. The molecule has 0 aromatic heterocycles. The van der Waals surface area contributed by atoms with Crippen molar-refractivity contribution in [3.63, 3.8) is 0 Å². The number of hydrogen-bond donors (Lipinski definition) is 1. The quantitative estimate of drug-likeness (QED) is 0.913. The molecule has 0 saturated carbocycles. The number of carboxylic acid groups (broad SMARTS) is 1. The first-order valence-electron chi connectivity index (χ1n) is 7.21. The summed E-state index contributed by atoms with van der Waals surface area (Å²) in [5.74, 6) is 0.365. The molecule has 1 aliphatic carbocycles. The van der Waals surface area contributed by atoms with Gasteiger partial charge in [0.2, 0.25) is 0 Å². The fraction of sp³-hybridized carbons (Fsp3) is 0.278. The van der Waals surface area contributed by atoms with Crippen LogP contribution in [-0.2, 0) is 24.2 Å². The zero-order valence-electron chi connectivity index (χ0n) is 11.8.